The van der Waals surface area contributed by atoms with E-state index in [9.17, 15) is 14.7 Å². The number of hydrogen-bond donors (Lipinski definition) is 1. The van der Waals surface area contributed by atoms with Crippen LogP contribution in [0, 0.1) is 18.3 Å². The maximum atomic E-state index is 13.3. The third-order valence-electron chi connectivity index (χ3n) is 5.74. The number of aryl methyl sites for hydroxylation is 1. The number of Topliss-reactive ketones (excluding diaryl/α,β-unsaturated/α-hetero) is 1. The number of ether oxygens (including phenoxy) is 2. The van der Waals surface area contributed by atoms with Crippen LogP contribution in [0.4, 0.5) is 5.69 Å². The van der Waals surface area contributed by atoms with Crippen LogP contribution in [0.2, 0.25) is 0 Å². The lowest BCUT2D eigenvalue weighted by Crippen LogP contribution is -2.29. The van der Waals surface area contributed by atoms with E-state index < -0.39 is 17.7 Å². The molecule has 0 bridgehead atoms. The third kappa shape index (κ3) is 3.86. The maximum absolute atomic E-state index is 13.3. The van der Waals surface area contributed by atoms with Gasteiger partial charge in [0.2, 0.25) is 0 Å². The number of anilines is 1. The van der Waals surface area contributed by atoms with Gasteiger partial charge in [0.1, 0.15) is 17.3 Å². The Labute approximate surface area is 197 Å². The summed E-state index contributed by atoms with van der Waals surface area (Å²) in [6.45, 7) is 1.91. The van der Waals surface area contributed by atoms with Crippen molar-refractivity contribution in [2.24, 2.45) is 0 Å². The minimum Gasteiger partial charge on any atom is -0.507 e. The summed E-state index contributed by atoms with van der Waals surface area (Å²) in [5.41, 5.74) is 2.62. The molecule has 1 unspecified atom stereocenters. The summed E-state index contributed by atoms with van der Waals surface area (Å²) in [5.74, 6) is -1.18. The van der Waals surface area contributed by atoms with Gasteiger partial charge in [-0.05, 0) is 55.0 Å². The second kappa shape index (κ2) is 9.12. The number of nitrogens with zero attached hydrogens (tertiary/aromatic N) is 2. The monoisotopic (exact) mass is 454 g/mol. The van der Waals surface area contributed by atoms with Crippen molar-refractivity contribution in [2.75, 3.05) is 19.1 Å². The molecule has 0 aliphatic carbocycles. The quantitative estimate of drug-likeness (QED) is 0.346. The lowest BCUT2D eigenvalue weighted by molar-refractivity contribution is -0.132. The number of aliphatic hydroxyl groups excluding tert-OH is 1. The number of carbonyl (C=O) groups excluding carboxylic acids is 2. The summed E-state index contributed by atoms with van der Waals surface area (Å²) in [6, 6.07) is 19.8. The molecular formula is C27H22N2O5. The fourth-order valence-corrected chi connectivity index (χ4v) is 4.10. The first-order chi connectivity index (χ1) is 16.4. The highest BCUT2D eigenvalue weighted by Gasteiger charge is 2.47. The number of amides is 1. The topological polar surface area (TPSA) is 99.9 Å². The molecule has 1 heterocycles. The highest BCUT2D eigenvalue weighted by atomic mass is 16.5. The van der Waals surface area contributed by atoms with Gasteiger partial charge >= 0.3 is 0 Å². The predicted molar refractivity (Wildman–Crippen MR) is 127 cm³/mol. The molecule has 7 heteroatoms. The zero-order chi connectivity index (χ0) is 24.4. The molecule has 0 aromatic heterocycles. The first-order valence-corrected chi connectivity index (χ1v) is 10.5. The first-order valence-electron chi connectivity index (χ1n) is 10.5. The number of methoxy groups -OCH3 is 2. The van der Waals surface area contributed by atoms with Crippen LogP contribution in [-0.4, -0.2) is 31.0 Å². The summed E-state index contributed by atoms with van der Waals surface area (Å²) >= 11 is 0. The van der Waals surface area contributed by atoms with Crippen LogP contribution in [0.1, 0.15) is 28.3 Å². The average Bonchev–Trinajstić information content (AvgIpc) is 3.13. The third-order valence-corrected chi connectivity index (χ3v) is 5.74. The van der Waals surface area contributed by atoms with Crippen molar-refractivity contribution >= 4 is 23.1 Å². The van der Waals surface area contributed by atoms with E-state index in [-0.39, 0.29) is 16.9 Å². The van der Waals surface area contributed by atoms with Crippen LogP contribution in [-0.2, 0) is 9.59 Å². The molecule has 3 aromatic rings. The molecule has 3 aromatic carbocycles. The number of hydrogen-bond acceptors (Lipinski definition) is 6. The van der Waals surface area contributed by atoms with E-state index in [0.29, 0.717) is 28.3 Å². The van der Waals surface area contributed by atoms with Gasteiger partial charge < -0.3 is 14.6 Å². The van der Waals surface area contributed by atoms with E-state index in [0.717, 1.165) is 5.56 Å². The number of ketones is 1. The fourth-order valence-electron chi connectivity index (χ4n) is 4.10. The molecule has 7 nitrogen and oxygen atoms in total. The van der Waals surface area contributed by atoms with Crippen molar-refractivity contribution in [1.29, 1.82) is 5.26 Å². The summed E-state index contributed by atoms with van der Waals surface area (Å²) in [7, 11) is 2.94. The van der Waals surface area contributed by atoms with Crippen molar-refractivity contribution in [2.45, 2.75) is 13.0 Å². The van der Waals surface area contributed by atoms with E-state index in [4.69, 9.17) is 14.7 Å². The van der Waals surface area contributed by atoms with Crippen LogP contribution in [0.5, 0.6) is 11.5 Å². The number of aliphatic hydroxyl groups is 1. The Kier molecular flexibility index (Phi) is 6.07. The SMILES string of the molecule is COc1ccc(OC)c(/C(O)=C2\C(=O)C(=O)N(c3ccc(C#N)cc3)C2c2cccc(C)c2)c1. The molecule has 1 fully saturated rings. The molecule has 0 spiro atoms. The lowest BCUT2D eigenvalue weighted by Gasteiger charge is -2.26. The molecular weight excluding hydrogens is 432 g/mol. The van der Waals surface area contributed by atoms with Crippen molar-refractivity contribution in [3.63, 3.8) is 0 Å². The number of rotatable bonds is 5. The second-order valence-corrected chi connectivity index (χ2v) is 7.81. The second-order valence-electron chi connectivity index (χ2n) is 7.81. The summed E-state index contributed by atoms with van der Waals surface area (Å²) in [6.07, 6.45) is 0. The van der Waals surface area contributed by atoms with Crippen LogP contribution >= 0.6 is 0 Å². The van der Waals surface area contributed by atoms with E-state index in [1.807, 2.05) is 31.2 Å². The molecule has 1 saturated heterocycles. The Hall–Kier alpha value is -4.57. The maximum Gasteiger partial charge on any atom is 0.300 e. The normalized spacial score (nSPS) is 16.9. The van der Waals surface area contributed by atoms with Crippen molar-refractivity contribution in [1.82, 2.24) is 0 Å². The molecule has 0 radical (unpaired) electrons. The van der Waals surface area contributed by atoms with E-state index in [1.165, 1.54) is 19.1 Å². The van der Waals surface area contributed by atoms with Gasteiger partial charge in [0, 0.05) is 5.69 Å². The Morgan fingerprint density at radius 2 is 1.74 bits per heavy atom. The Morgan fingerprint density at radius 1 is 1.00 bits per heavy atom. The van der Waals surface area contributed by atoms with Gasteiger partial charge in [0.25, 0.3) is 11.7 Å². The molecule has 1 amide bonds. The van der Waals surface area contributed by atoms with Crippen molar-refractivity contribution < 1.29 is 24.2 Å². The standard InChI is InChI=1S/C27H22N2O5/c1-16-5-4-6-18(13-16)24-23(25(30)21-14-20(33-2)11-12-22(21)34-3)26(31)27(32)29(24)19-9-7-17(15-28)8-10-19/h4-14,24,30H,1-3H3/b25-23+. The molecule has 1 aliphatic heterocycles. The van der Waals surface area contributed by atoms with Gasteiger partial charge in [-0.3, -0.25) is 14.5 Å². The van der Waals surface area contributed by atoms with Gasteiger partial charge in [-0.2, -0.15) is 5.26 Å². The van der Waals surface area contributed by atoms with Gasteiger partial charge in [0.05, 0.1) is 43.0 Å². The molecule has 1 aliphatic rings. The van der Waals surface area contributed by atoms with E-state index in [2.05, 4.69) is 0 Å². The van der Waals surface area contributed by atoms with E-state index >= 15 is 0 Å². The zero-order valence-electron chi connectivity index (χ0n) is 18.9. The first kappa shape index (κ1) is 22.6. The zero-order valence-corrected chi connectivity index (χ0v) is 18.9. The van der Waals surface area contributed by atoms with Crippen LogP contribution in [0.25, 0.3) is 5.76 Å². The Morgan fingerprint density at radius 3 is 2.35 bits per heavy atom. The Bertz CT molecular complexity index is 1350. The minimum absolute atomic E-state index is 0.0634. The average molecular weight is 454 g/mol. The van der Waals surface area contributed by atoms with Crippen LogP contribution < -0.4 is 14.4 Å². The summed E-state index contributed by atoms with van der Waals surface area (Å²) in [4.78, 5) is 27.9. The van der Waals surface area contributed by atoms with Gasteiger partial charge in [0.15, 0.2) is 0 Å². The highest BCUT2D eigenvalue weighted by molar-refractivity contribution is 6.51. The molecule has 4 rings (SSSR count). The molecule has 1 N–H and O–H groups in total. The molecule has 170 valence electrons. The van der Waals surface area contributed by atoms with Crippen molar-refractivity contribution in [3.8, 4) is 17.6 Å². The predicted octanol–water partition coefficient (Wildman–Crippen LogP) is 4.51. The number of carbonyl (C=O) groups is 2. The van der Waals surface area contributed by atoms with Gasteiger partial charge in [-0.1, -0.05) is 29.8 Å². The number of nitriles is 1. The van der Waals surface area contributed by atoms with Crippen LogP contribution in [0.3, 0.4) is 0 Å². The summed E-state index contributed by atoms with van der Waals surface area (Å²) in [5, 5.41) is 20.5. The Balaban J connectivity index is 1.98. The molecule has 34 heavy (non-hydrogen) atoms. The largest absolute Gasteiger partial charge is 0.507 e. The lowest BCUT2D eigenvalue weighted by atomic mass is 9.94. The van der Waals surface area contributed by atoms with E-state index in [1.54, 1.807) is 48.5 Å². The van der Waals surface area contributed by atoms with Gasteiger partial charge in [-0.15, -0.1) is 0 Å². The minimum atomic E-state index is -0.885. The van der Waals surface area contributed by atoms with Crippen LogP contribution in [0.15, 0.2) is 72.3 Å². The fraction of sp³-hybridized carbons (Fsp3) is 0.148. The highest BCUT2D eigenvalue weighted by Crippen LogP contribution is 2.43. The number of benzene rings is 3. The summed E-state index contributed by atoms with van der Waals surface area (Å²) < 4.78 is 10.7. The van der Waals surface area contributed by atoms with Crippen molar-refractivity contribution in [3.05, 3.63) is 94.6 Å². The smallest absolute Gasteiger partial charge is 0.300 e. The molecule has 0 saturated carbocycles. The molecule has 1 atom stereocenters. The van der Waals surface area contributed by atoms with Gasteiger partial charge in [-0.25, -0.2) is 0 Å².